The van der Waals surface area contributed by atoms with Crippen molar-refractivity contribution in [1.29, 1.82) is 0 Å². The highest BCUT2D eigenvalue weighted by molar-refractivity contribution is 5.83. The number of nitrogens with one attached hydrogen (secondary N) is 2. The van der Waals surface area contributed by atoms with Crippen LogP contribution in [0.15, 0.2) is 0 Å². The molecule has 0 bridgehead atoms. The molecule has 20 heavy (non-hydrogen) atoms. The molecule has 0 spiro atoms. The lowest BCUT2D eigenvalue weighted by molar-refractivity contribution is -0.133. The molecule has 2 amide bonds. The summed E-state index contributed by atoms with van der Waals surface area (Å²) >= 11 is 0. The molecule has 1 rings (SSSR count). The monoisotopic (exact) mass is 283 g/mol. The van der Waals surface area contributed by atoms with Crippen LogP contribution in [0.3, 0.4) is 0 Å². The lowest BCUT2D eigenvalue weighted by atomic mass is 9.76. The van der Waals surface area contributed by atoms with Gasteiger partial charge in [0.15, 0.2) is 0 Å². The minimum atomic E-state index is -0.233. The molecule has 1 heterocycles. The van der Waals surface area contributed by atoms with Crippen LogP contribution in [0.4, 0.5) is 0 Å². The maximum absolute atomic E-state index is 12.4. The van der Waals surface area contributed by atoms with E-state index in [2.05, 4.69) is 17.6 Å². The standard InChI is InChI=1S/C15H29N3O2/c1-4-15(8-11-16-12-9-15)14(20)17-10-7-13(19)18(5-2)6-3/h16H,4-12H2,1-3H3,(H,17,20). The van der Waals surface area contributed by atoms with Gasteiger partial charge in [-0.25, -0.2) is 0 Å². The maximum Gasteiger partial charge on any atom is 0.226 e. The van der Waals surface area contributed by atoms with E-state index in [1.54, 1.807) is 4.90 Å². The molecule has 0 aromatic heterocycles. The van der Waals surface area contributed by atoms with Crippen molar-refractivity contribution < 1.29 is 9.59 Å². The predicted molar refractivity (Wildman–Crippen MR) is 80.4 cm³/mol. The van der Waals surface area contributed by atoms with E-state index in [-0.39, 0.29) is 17.2 Å². The molecule has 0 unspecified atom stereocenters. The highest BCUT2D eigenvalue weighted by atomic mass is 16.2. The Morgan fingerprint density at radius 3 is 2.25 bits per heavy atom. The quantitative estimate of drug-likeness (QED) is 0.736. The lowest BCUT2D eigenvalue weighted by Gasteiger charge is -2.35. The van der Waals surface area contributed by atoms with Crippen LogP contribution in [0, 0.1) is 5.41 Å². The second kappa shape index (κ2) is 8.25. The van der Waals surface area contributed by atoms with Gasteiger partial charge in [-0.15, -0.1) is 0 Å². The van der Waals surface area contributed by atoms with Gasteiger partial charge in [0.25, 0.3) is 0 Å². The molecule has 1 fully saturated rings. The summed E-state index contributed by atoms with van der Waals surface area (Å²) in [4.78, 5) is 26.1. The zero-order valence-electron chi connectivity index (χ0n) is 13.1. The van der Waals surface area contributed by atoms with Crippen LogP contribution < -0.4 is 10.6 Å². The number of piperidine rings is 1. The molecule has 0 atom stereocenters. The van der Waals surface area contributed by atoms with Crippen molar-refractivity contribution in [2.75, 3.05) is 32.7 Å². The van der Waals surface area contributed by atoms with E-state index in [1.807, 2.05) is 13.8 Å². The number of hydrogen-bond donors (Lipinski definition) is 2. The van der Waals surface area contributed by atoms with E-state index >= 15 is 0 Å². The second-order valence-corrected chi connectivity index (χ2v) is 5.46. The molecule has 1 aliphatic rings. The number of rotatable bonds is 7. The molecule has 0 aliphatic carbocycles. The Labute approximate surface area is 122 Å². The Hall–Kier alpha value is -1.10. The summed E-state index contributed by atoms with van der Waals surface area (Å²) in [6, 6.07) is 0. The summed E-state index contributed by atoms with van der Waals surface area (Å²) in [5, 5.41) is 6.26. The number of carbonyl (C=O) groups is 2. The molecule has 1 aliphatic heterocycles. The molecule has 2 N–H and O–H groups in total. The maximum atomic E-state index is 12.4. The molecule has 1 saturated heterocycles. The summed E-state index contributed by atoms with van der Waals surface area (Å²) in [7, 11) is 0. The first-order chi connectivity index (χ1) is 9.59. The summed E-state index contributed by atoms with van der Waals surface area (Å²) < 4.78 is 0. The van der Waals surface area contributed by atoms with Gasteiger partial charge >= 0.3 is 0 Å². The molecular formula is C15H29N3O2. The summed E-state index contributed by atoms with van der Waals surface area (Å²) in [6.45, 7) is 9.73. The fourth-order valence-electron chi connectivity index (χ4n) is 2.85. The Morgan fingerprint density at radius 1 is 1.15 bits per heavy atom. The zero-order valence-corrected chi connectivity index (χ0v) is 13.1. The smallest absolute Gasteiger partial charge is 0.226 e. The van der Waals surface area contributed by atoms with Crippen molar-refractivity contribution in [2.24, 2.45) is 5.41 Å². The molecule has 0 aromatic carbocycles. The van der Waals surface area contributed by atoms with E-state index in [0.717, 1.165) is 45.4 Å². The first-order valence-corrected chi connectivity index (χ1v) is 7.86. The predicted octanol–water partition coefficient (Wildman–Crippen LogP) is 1.14. The van der Waals surface area contributed by atoms with Gasteiger partial charge < -0.3 is 15.5 Å². The van der Waals surface area contributed by atoms with E-state index in [4.69, 9.17) is 0 Å². The summed E-state index contributed by atoms with van der Waals surface area (Å²) in [6.07, 6.45) is 3.04. The Morgan fingerprint density at radius 2 is 1.75 bits per heavy atom. The van der Waals surface area contributed by atoms with Crippen molar-refractivity contribution in [2.45, 2.75) is 46.5 Å². The number of carbonyl (C=O) groups excluding carboxylic acids is 2. The number of amides is 2. The topological polar surface area (TPSA) is 61.4 Å². The van der Waals surface area contributed by atoms with Crippen LogP contribution in [-0.2, 0) is 9.59 Å². The van der Waals surface area contributed by atoms with E-state index in [9.17, 15) is 9.59 Å². The minimum absolute atomic E-state index is 0.117. The van der Waals surface area contributed by atoms with Gasteiger partial charge in [-0.1, -0.05) is 6.92 Å². The van der Waals surface area contributed by atoms with Crippen LogP contribution >= 0.6 is 0 Å². The average Bonchev–Trinajstić information content (AvgIpc) is 2.49. The fraction of sp³-hybridized carbons (Fsp3) is 0.867. The van der Waals surface area contributed by atoms with Crippen molar-refractivity contribution in [3.63, 3.8) is 0 Å². The van der Waals surface area contributed by atoms with Crippen LogP contribution in [0.2, 0.25) is 0 Å². The second-order valence-electron chi connectivity index (χ2n) is 5.46. The van der Waals surface area contributed by atoms with E-state index in [1.165, 1.54) is 0 Å². The highest BCUT2D eigenvalue weighted by Gasteiger charge is 2.37. The average molecular weight is 283 g/mol. The zero-order chi connectivity index (χ0) is 15.0. The minimum Gasteiger partial charge on any atom is -0.355 e. The van der Waals surface area contributed by atoms with Crippen molar-refractivity contribution in [3.8, 4) is 0 Å². The van der Waals surface area contributed by atoms with Gasteiger partial charge in [0.1, 0.15) is 0 Å². The highest BCUT2D eigenvalue weighted by Crippen LogP contribution is 2.32. The van der Waals surface area contributed by atoms with Crippen LogP contribution in [0.5, 0.6) is 0 Å². The Balaban J connectivity index is 2.40. The molecule has 116 valence electrons. The third-order valence-electron chi connectivity index (χ3n) is 4.46. The molecule has 0 aromatic rings. The van der Waals surface area contributed by atoms with Gasteiger partial charge in [0, 0.05) is 26.1 Å². The van der Waals surface area contributed by atoms with Crippen LogP contribution in [-0.4, -0.2) is 49.4 Å². The Kier molecular flexibility index (Phi) is 6.99. The van der Waals surface area contributed by atoms with Gasteiger partial charge in [-0.2, -0.15) is 0 Å². The largest absolute Gasteiger partial charge is 0.355 e. The first kappa shape index (κ1) is 17.0. The third kappa shape index (κ3) is 4.20. The summed E-state index contributed by atoms with van der Waals surface area (Å²) in [5.41, 5.74) is -0.233. The molecular weight excluding hydrogens is 254 g/mol. The molecule has 0 radical (unpaired) electrons. The number of nitrogens with zero attached hydrogens (tertiary/aromatic N) is 1. The number of hydrogen-bond acceptors (Lipinski definition) is 3. The fourth-order valence-corrected chi connectivity index (χ4v) is 2.85. The van der Waals surface area contributed by atoms with E-state index < -0.39 is 0 Å². The molecule has 0 saturated carbocycles. The molecule has 5 nitrogen and oxygen atoms in total. The lowest BCUT2D eigenvalue weighted by Crippen LogP contribution is -2.48. The van der Waals surface area contributed by atoms with Crippen molar-refractivity contribution in [1.82, 2.24) is 15.5 Å². The van der Waals surface area contributed by atoms with Gasteiger partial charge in [0.2, 0.25) is 11.8 Å². The van der Waals surface area contributed by atoms with Crippen LogP contribution in [0.25, 0.3) is 0 Å². The van der Waals surface area contributed by atoms with Crippen LogP contribution in [0.1, 0.15) is 46.5 Å². The Bertz CT molecular complexity index is 321. The van der Waals surface area contributed by atoms with E-state index in [0.29, 0.717) is 13.0 Å². The third-order valence-corrected chi connectivity index (χ3v) is 4.46. The first-order valence-electron chi connectivity index (χ1n) is 7.86. The van der Waals surface area contributed by atoms with Gasteiger partial charge in [-0.3, -0.25) is 9.59 Å². The molecule has 5 heteroatoms. The van der Waals surface area contributed by atoms with Gasteiger partial charge in [-0.05, 0) is 46.2 Å². The van der Waals surface area contributed by atoms with Crippen molar-refractivity contribution >= 4 is 11.8 Å². The summed E-state index contributed by atoms with van der Waals surface area (Å²) in [5.74, 6) is 0.236. The van der Waals surface area contributed by atoms with Gasteiger partial charge in [0.05, 0.1) is 5.41 Å². The SMILES string of the molecule is CCN(CC)C(=O)CCNC(=O)C1(CC)CCNCC1. The van der Waals surface area contributed by atoms with Crippen molar-refractivity contribution in [3.05, 3.63) is 0 Å². The normalized spacial score (nSPS) is 17.6.